The molecule has 1 atom stereocenters. The molecular weight excluding hydrogens is 961 g/mol. The Hall–Kier alpha value is -3.41. The lowest BCUT2D eigenvalue weighted by atomic mass is 10.0. The monoisotopic (exact) mass is 1090 g/mol. The topological polar surface area (TPSA) is 78.9 Å². The van der Waals surface area contributed by atoms with Crippen LogP contribution in [0.25, 0.3) is 0 Å². The van der Waals surface area contributed by atoms with E-state index in [1.807, 2.05) is 0 Å². The number of carbonyl (C=O) groups excluding carboxylic acids is 3. The molecule has 0 N–H and O–H groups in total. The summed E-state index contributed by atoms with van der Waals surface area (Å²) in [6, 6.07) is 0. The van der Waals surface area contributed by atoms with Crippen molar-refractivity contribution in [2.75, 3.05) is 13.2 Å². The summed E-state index contributed by atoms with van der Waals surface area (Å²) in [5.41, 5.74) is 0. The summed E-state index contributed by atoms with van der Waals surface area (Å²) in [7, 11) is 0. The molecule has 0 aliphatic rings. The first-order chi connectivity index (χ1) is 38.5. The molecule has 0 aromatic rings. The number of ether oxygens (including phenoxy) is 3. The lowest BCUT2D eigenvalue weighted by molar-refractivity contribution is -0.167. The highest BCUT2D eigenvalue weighted by molar-refractivity contribution is 5.71. The van der Waals surface area contributed by atoms with Crippen LogP contribution >= 0.6 is 0 Å². The maximum Gasteiger partial charge on any atom is 0.306 e. The molecule has 450 valence electrons. The van der Waals surface area contributed by atoms with Crippen LogP contribution in [0.3, 0.4) is 0 Å². The summed E-state index contributed by atoms with van der Waals surface area (Å²) in [6.45, 7) is 6.44. The van der Waals surface area contributed by atoms with Gasteiger partial charge in [-0.1, -0.05) is 318 Å². The van der Waals surface area contributed by atoms with Crippen LogP contribution in [-0.4, -0.2) is 37.2 Å². The van der Waals surface area contributed by atoms with Crippen LogP contribution in [0.1, 0.15) is 335 Å². The normalized spacial score (nSPS) is 12.6. The van der Waals surface area contributed by atoms with E-state index in [4.69, 9.17) is 14.2 Å². The Morgan fingerprint density at radius 3 is 0.872 bits per heavy atom. The van der Waals surface area contributed by atoms with Crippen molar-refractivity contribution in [3.63, 3.8) is 0 Å². The molecule has 1 unspecified atom stereocenters. The second-order valence-corrected chi connectivity index (χ2v) is 22.4. The van der Waals surface area contributed by atoms with E-state index in [-0.39, 0.29) is 37.5 Å². The predicted molar refractivity (Wildman–Crippen MR) is 339 cm³/mol. The van der Waals surface area contributed by atoms with Crippen molar-refractivity contribution in [3.05, 3.63) is 85.1 Å². The minimum Gasteiger partial charge on any atom is -0.462 e. The van der Waals surface area contributed by atoms with Crippen molar-refractivity contribution in [1.29, 1.82) is 0 Å². The van der Waals surface area contributed by atoms with Gasteiger partial charge in [0.15, 0.2) is 6.10 Å². The zero-order valence-corrected chi connectivity index (χ0v) is 51.7. The van der Waals surface area contributed by atoms with Crippen molar-refractivity contribution in [2.45, 2.75) is 341 Å². The molecule has 6 heteroatoms. The molecule has 0 fully saturated rings. The Balaban J connectivity index is 4.22. The van der Waals surface area contributed by atoms with Crippen LogP contribution in [0.4, 0.5) is 0 Å². The Labute approximate surface area is 484 Å². The standard InChI is InChI=1S/C72H126O6/c1-4-7-10-13-16-19-22-25-27-29-30-31-32-33-34-35-36-37-38-39-40-41-43-44-47-50-53-56-59-62-65-71(74)77-68-69(67-76-70(73)64-61-58-55-52-49-46-24-21-18-15-12-9-6-3)78-72(75)66-63-60-57-54-51-48-45-42-28-26-23-20-17-14-11-8-5-2/h8,11-12,15,17,20-21,24,26,28,45,48,54,57,69H,4-7,9-10,13-14,16,18-19,22-23,25,27,29-44,46-47,49-53,55-56,58-68H2,1-3H3/b11-8-,15-12-,20-17-,24-21-,28-26-,48-45-,57-54-. The molecule has 0 spiro atoms. The Morgan fingerprint density at radius 1 is 0.269 bits per heavy atom. The Morgan fingerprint density at radius 2 is 0.538 bits per heavy atom. The fraction of sp³-hybridized carbons (Fsp3) is 0.764. The smallest absolute Gasteiger partial charge is 0.306 e. The molecule has 0 heterocycles. The van der Waals surface area contributed by atoms with Gasteiger partial charge in [0.05, 0.1) is 0 Å². The molecule has 0 aromatic heterocycles. The largest absolute Gasteiger partial charge is 0.462 e. The molecule has 6 nitrogen and oxygen atoms in total. The van der Waals surface area contributed by atoms with Gasteiger partial charge in [0.25, 0.3) is 0 Å². The van der Waals surface area contributed by atoms with Crippen LogP contribution in [0.5, 0.6) is 0 Å². The van der Waals surface area contributed by atoms with Gasteiger partial charge in [-0.05, 0) is 83.5 Å². The third kappa shape index (κ3) is 63.4. The number of esters is 3. The van der Waals surface area contributed by atoms with Gasteiger partial charge in [-0.2, -0.15) is 0 Å². The van der Waals surface area contributed by atoms with Crippen LogP contribution < -0.4 is 0 Å². The first-order valence-electron chi connectivity index (χ1n) is 33.6. The summed E-state index contributed by atoms with van der Waals surface area (Å²) in [4.78, 5) is 38.3. The zero-order valence-electron chi connectivity index (χ0n) is 51.7. The summed E-state index contributed by atoms with van der Waals surface area (Å²) < 4.78 is 16.9. The van der Waals surface area contributed by atoms with Gasteiger partial charge in [-0.15, -0.1) is 0 Å². The van der Waals surface area contributed by atoms with Crippen molar-refractivity contribution >= 4 is 17.9 Å². The van der Waals surface area contributed by atoms with Gasteiger partial charge < -0.3 is 14.2 Å². The van der Waals surface area contributed by atoms with Crippen LogP contribution in [0.15, 0.2) is 85.1 Å². The van der Waals surface area contributed by atoms with E-state index >= 15 is 0 Å². The fourth-order valence-corrected chi connectivity index (χ4v) is 9.64. The number of unbranched alkanes of at least 4 members (excludes halogenated alkanes) is 36. The van der Waals surface area contributed by atoms with Crippen molar-refractivity contribution in [2.24, 2.45) is 0 Å². The van der Waals surface area contributed by atoms with E-state index < -0.39 is 6.10 Å². The molecule has 0 saturated heterocycles. The molecule has 0 bridgehead atoms. The number of carbonyl (C=O) groups is 3. The molecule has 0 aliphatic heterocycles. The van der Waals surface area contributed by atoms with E-state index in [1.54, 1.807) is 0 Å². The second kappa shape index (κ2) is 66.1. The van der Waals surface area contributed by atoms with Crippen molar-refractivity contribution in [3.8, 4) is 0 Å². The fourth-order valence-electron chi connectivity index (χ4n) is 9.64. The molecule has 78 heavy (non-hydrogen) atoms. The Bertz CT molecular complexity index is 1480. The molecular formula is C72H126O6. The van der Waals surface area contributed by atoms with Gasteiger partial charge in [0.2, 0.25) is 0 Å². The third-order valence-electron chi connectivity index (χ3n) is 14.6. The van der Waals surface area contributed by atoms with E-state index in [2.05, 4.69) is 106 Å². The van der Waals surface area contributed by atoms with Gasteiger partial charge in [0.1, 0.15) is 13.2 Å². The maximum absolute atomic E-state index is 12.9. The average molecular weight is 1090 g/mol. The summed E-state index contributed by atoms with van der Waals surface area (Å²) in [5.74, 6) is -0.963. The lowest BCUT2D eigenvalue weighted by Crippen LogP contribution is -2.30. The van der Waals surface area contributed by atoms with Gasteiger partial charge in [-0.3, -0.25) is 14.4 Å². The maximum atomic E-state index is 12.9. The summed E-state index contributed by atoms with van der Waals surface area (Å²) >= 11 is 0. The zero-order chi connectivity index (χ0) is 56.4. The third-order valence-corrected chi connectivity index (χ3v) is 14.6. The first-order valence-corrected chi connectivity index (χ1v) is 33.6. The van der Waals surface area contributed by atoms with E-state index in [1.165, 1.54) is 180 Å². The van der Waals surface area contributed by atoms with E-state index in [0.29, 0.717) is 19.3 Å². The minimum atomic E-state index is -0.812. The first kappa shape index (κ1) is 74.6. The minimum absolute atomic E-state index is 0.102. The predicted octanol–water partition coefficient (Wildman–Crippen LogP) is 23.1. The van der Waals surface area contributed by atoms with Crippen molar-refractivity contribution < 1.29 is 28.6 Å². The highest BCUT2D eigenvalue weighted by atomic mass is 16.6. The highest BCUT2D eigenvalue weighted by Gasteiger charge is 2.19. The van der Waals surface area contributed by atoms with Crippen LogP contribution in [0.2, 0.25) is 0 Å². The average Bonchev–Trinajstić information content (AvgIpc) is 3.44. The van der Waals surface area contributed by atoms with Gasteiger partial charge >= 0.3 is 17.9 Å². The lowest BCUT2D eigenvalue weighted by Gasteiger charge is -2.18. The number of rotatable bonds is 61. The van der Waals surface area contributed by atoms with Crippen LogP contribution in [0, 0.1) is 0 Å². The van der Waals surface area contributed by atoms with Crippen molar-refractivity contribution in [1.82, 2.24) is 0 Å². The molecule has 0 aliphatic carbocycles. The quantitative estimate of drug-likeness (QED) is 0.0261. The SMILES string of the molecule is CC/C=C\C/C=C\C/C=C\C/C=C\C/C=C\CCCC(=O)OC(COC(=O)CCCCCCC/C=C\C/C=C\CCC)COC(=O)CCCCCCCCCCCCCCCCCCCCCCCCCCCCCCCC. The molecule has 0 saturated carbocycles. The molecule has 0 aromatic carbocycles. The van der Waals surface area contributed by atoms with E-state index in [9.17, 15) is 14.4 Å². The second-order valence-electron chi connectivity index (χ2n) is 22.4. The summed E-state index contributed by atoms with van der Waals surface area (Å²) in [5, 5.41) is 0. The molecule has 0 radical (unpaired) electrons. The van der Waals surface area contributed by atoms with E-state index in [0.717, 1.165) is 109 Å². The number of hydrogen-bond acceptors (Lipinski definition) is 6. The Kier molecular flexibility index (Phi) is 63.2. The van der Waals surface area contributed by atoms with Gasteiger partial charge in [-0.25, -0.2) is 0 Å². The van der Waals surface area contributed by atoms with Crippen LogP contribution in [-0.2, 0) is 28.6 Å². The highest BCUT2D eigenvalue weighted by Crippen LogP contribution is 2.18. The van der Waals surface area contributed by atoms with Gasteiger partial charge in [0, 0.05) is 19.3 Å². The summed E-state index contributed by atoms with van der Waals surface area (Å²) in [6.07, 6.45) is 87.7. The molecule has 0 rings (SSSR count). The number of hydrogen-bond donors (Lipinski definition) is 0. The number of allylic oxidation sites excluding steroid dienone is 14. The molecule has 0 amide bonds.